The number of nitrogens with one attached hydrogen (secondary N) is 2. The van der Waals surface area contributed by atoms with Crippen LogP contribution in [-0.2, 0) is 12.8 Å². The third kappa shape index (κ3) is 3.03. The second-order valence-electron chi connectivity index (χ2n) is 6.50. The first-order valence-corrected chi connectivity index (χ1v) is 8.63. The van der Waals surface area contributed by atoms with Crippen molar-refractivity contribution < 1.29 is 4.79 Å². The average molecular weight is 349 g/mol. The maximum absolute atomic E-state index is 12.5. The summed E-state index contributed by atoms with van der Waals surface area (Å²) in [7, 11) is 0. The zero-order valence-corrected chi connectivity index (χ0v) is 14.4. The number of amides is 1. The largest absolute Gasteiger partial charge is 0.345 e. The van der Waals surface area contributed by atoms with Crippen molar-refractivity contribution in [2.45, 2.75) is 32.2 Å². The molecule has 1 aromatic carbocycles. The molecule has 1 atom stereocenters. The molecule has 26 heavy (non-hydrogen) atoms. The van der Waals surface area contributed by atoms with Crippen LogP contribution >= 0.6 is 0 Å². The van der Waals surface area contributed by atoms with E-state index < -0.39 is 0 Å². The Morgan fingerprint density at radius 1 is 1.27 bits per heavy atom. The first-order valence-electron chi connectivity index (χ1n) is 8.63. The number of H-pyrrole nitrogens is 1. The molecular formula is C19H19N5O2. The van der Waals surface area contributed by atoms with Gasteiger partial charge in [-0.1, -0.05) is 12.1 Å². The van der Waals surface area contributed by atoms with Gasteiger partial charge in [0.25, 0.3) is 11.5 Å². The molecule has 2 N–H and O–H groups in total. The number of aromatic amines is 1. The predicted molar refractivity (Wildman–Crippen MR) is 96.3 cm³/mol. The minimum atomic E-state index is -0.353. The fraction of sp³-hybridized carbons (Fsp3) is 0.263. The van der Waals surface area contributed by atoms with Crippen LogP contribution in [0.25, 0.3) is 5.69 Å². The van der Waals surface area contributed by atoms with E-state index in [-0.39, 0.29) is 23.1 Å². The van der Waals surface area contributed by atoms with Gasteiger partial charge in [0.15, 0.2) is 0 Å². The van der Waals surface area contributed by atoms with Gasteiger partial charge in [-0.2, -0.15) is 5.10 Å². The molecule has 4 rings (SSSR count). The molecule has 0 aliphatic heterocycles. The molecule has 1 aliphatic rings. The fourth-order valence-electron chi connectivity index (χ4n) is 3.30. The lowest BCUT2D eigenvalue weighted by molar-refractivity contribution is 0.0938. The maximum Gasteiger partial charge on any atom is 0.261 e. The van der Waals surface area contributed by atoms with Gasteiger partial charge in [0.05, 0.1) is 11.7 Å². The van der Waals surface area contributed by atoms with Crippen molar-refractivity contribution in [1.82, 2.24) is 25.1 Å². The van der Waals surface area contributed by atoms with Gasteiger partial charge in [-0.15, -0.1) is 0 Å². The minimum Gasteiger partial charge on any atom is -0.345 e. The quantitative estimate of drug-likeness (QED) is 0.753. The molecule has 1 amide bonds. The standard InChI is InChI=1S/C19H19N5O2/c1-12(13-5-7-15(8-6-13)24-11-20-10-21-24)22-18(25)16-9-14-3-2-4-17(14)23-19(16)26/h5-12H,2-4H2,1H3,(H,22,25)(H,23,26). The van der Waals surface area contributed by atoms with E-state index in [1.807, 2.05) is 31.2 Å². The van der Waals surface area contributed by atoms with Gasteiger partial charge in [-0.25, -0.2) is 9.67 Å². The van der Waals surface area contributed by atoms with Crippen molar-refractivity contribution in [3.63, 3.8) is 0 Å². The van der Waals surface area contributed by atoms with Crippen LogP contribution in [0.15, 0.2) is 47.8 Å². The molecule has 3 aromatic rings. The summed E-state index contributed by atoms with van der Waals surface area (Å²) in [6.07, 6.45) is 5.91. The normalized spacial score (nSPS) is 14.0. The number of aromatic nitrogens is 4. The fourth-order valence-corrected chi connectivity index (χ4v) is 3.30. The monoisotopic (exact) mass is 349 g/mol. The highest BCUT2D eigenvalue weighted by Gasteiger charge is 2.19. The Morgan fingerprint density at radius 3 is 2.81 bits per heavy atom. The first kappa shape index (κ1) is 16.3. The number of benzene rings is 1. The minimum absolute atomic E-state index is 0.178. The van der Waals surface area contributed by atoms with Crippen LogP contribution < -0.4 is 10.9 Å². The van der Waals surface area contributed by atoms with Crippen molar-refractivity contribution in [2.24, 2.45) is 0 Å². The predicted octanol–water partition coefficient (Wildman–Crippen LogP) is 1.94. The summed E-state index contributed by atoms with van der Waals surface area (Å²) < 4.78 is 1.66. The molecule has 0 saturated carbocycles. The second kappa shape index (κ2) is 6.59. The molecule has 0 fully saturated rings. The summed E-state index contributed by atoms with van der Waals surface area (Å²) in [6.45, 7) is 1.89. The van der Waals surface area contributed by atoms with Crippen molar-refractivity contribution in [3.05, 3.63) is 75.7 Å². The van der Waals surface area contributed by atoms with E-state index in [4.69, 9.17) is 0 Å². The number of aryl methyl sites for hydroxylation is 2. The molecule has 1 aliphatic carbocycles. The highest BCUT2D eigenvalue weighted by atomic mass is 16.2. The highest BCUT2D eigenvalue weighted by molar-refractivity contribution is 5.94. The van der Waals surface area contributed by atoms with Crippen LogP contribution in [0, 0.1) is 0 Å². The van der Waals surface area contributed by atoms with Crippen LogP contribution in [0.1, 0.15) is 46.6 Å². The maximum atomic E-state index is 12.5. The Balaban J connectivity index is 1.50. The summed E-state index contributed by atoms with van der Waals surface area (Å²) in [5.74, 6) is -0.353. The molecule has 0 radical (unpaired) electrons. The molecular weight excluding hydrogens is 330 g/mol. The van der Waals surface area contributed by atoms with Crippen molar-refractivity contribution in [2.75, 3.05) is 0 Å². The summed E-state index contributed by atoms with van der Waals surface area (Å²) in [4.78, 5) is 31.5. The smallest absolute Gasteiger partial charge is 0.261 e. The lowest BCUT2D eigenvalue weighted by atomic mass is 10.1. The van der Waals surface area contributed by atoms with Gasteiger partial charge in [0, 0.05) is 5.69 Å². The van der Waals surface area contributed by atoms with E-state index >= 15 is 0 Å². The number of fused-ring (bicyclic) bond motifs is 1. The van der Waals surface area contributed by atoms with Crippen molar-refractivity contribution >= 4 is 5.91 Å². The molecule has 0 bridgehead atoms. The van der Waals surface area contributed by atoms with Crippen LogP contribution in [0.4, 0.5) is 0 Å². The molecule has 2 aromatic heterocycles. The van der Waals surface area contributed by atoms with Gasteiger partial charge in [-0.05, 0) is 55.5 Å². The molecule has 2 heterocycles. The van der Waals surface area contributed by atoms with Crippen LogP contribution in [-0.4, -0.2) is 25.7 Å². The Labute approximate surface area is 150 Å². The molecule has 7 nitrogen and oxygen atoms in total. The number of nitrogens with zero attached hydrogens (tertiary/aromatic N) is 3. The number of hydrogen-bond donors (Lipinski definition) is 2. The van der Waals surface area contributed by atoms with E-state index in [0.29, 0.717) is 0 Å². The Hall–Kier alpha value is -3.22. The van der Waals surface area contributed by atoms with E-state index in [1.54, 1.807) is 17.1 Å². The van der Waals surface area contributed by atoms with E-state index in [2.05, 4.69) is 20.4 Å². The summed E-state index contributed by atoms with van der Waals surface area (Å²) in [6, 6.07) is 9.19. The van der Waals surface area contributed by atoms with Gasteiger partial charge < -0.3 is 10.3 Å². The van der Waals surface area contributed by atoms with Crippen LogP contribution in [0.3, 0.4) is 0 Å². The third-order valence-corrected chi connectivity index (χ3v) is 4.76. The zero-order valence-electron chi connectivity index (χ0n) is 14.4. The molecule has 132 valence electrons. The Bertz CT molecular complexity index is 990. The van der Waals surface area contributed by atoms with Gasteiger partial charge in [0.2, 0.25) is 0 Å². The zero-order chi connectivity index (χ0) is 18.1. The number of rotatable bonds is 4. The summed E-state index contributed by atoms with van der Waals surface area (Å²) in [5, 5.41) is 6.99. The lowest BCUT2D eigenvalue weighted by Gasteiger charge is -2.15. The summed E-state index contributed by atoms with van der Waals surface area (Å²) >= 11 is 0. The Kier molecular flexibility index (Phi) is 4.12. The molecule has 1 unspecified atom stereocenters. The average Bonchev–Trinajstić information content (AvgIpc) is 3.32. The topological polar surface area (TPSA) is 92.7 Å². The molecule has 7 heteroatoms. The van der Waals surface area contributed by atoms with Gasteiger partial charge in [-0.3, -0.25) is 9.59 Å². The lowest BCUT2D eigenvalue weighted by Crippen LogP contribution is -2.32. The highest BCUT2D eigenvalue weighted by Crippen LogP contribution is 2.20. The first-order chi connectivity index (χ1) is 12.6. The number of carbonyl (C=O) groups excluding carboxylic acids is 1. The van der Waals surface area contributed by atoms with E-state index in [1.165, 1.54) is 6.33 Å². The molecule has 0 saturated heterocycles. The van der Waals surface area contributed by atoms with Crippen molar-refractivity contribution in [1.29, 1.82) is 0 Å². The van der Waals surface area contributed by atoms with Crippen LogP contribution in [0.5, 0.6) is 0 Å². The van der Waals surface area contributed by atoms with Crippen molar-refractivity contribution in [3.8, 4) is 5.69 Å². The number of pyridine rings is 1. The molecule has 0 spiro atoms. The van der Waals surface area contributed by atoms with Gasteiger partial charge >= 0.3 is 0 Å². The Morgan fingerprint density at radius 2 is 2.08 bits per heavy atom. The number of hydrogen-bond acceptors (Lipinski definition) is 4. The van der Waals surface area contributed by atoms with E-state index in [0.717, 1.165) is 41.8 Å². The SMILES string of the molecule is CC(NC(=O)c1cc2c([nH]c1=O)CCC2)c1ccc(-n2cncn2)cc1. The summed E-state index contributed by atoms with van der Waals surface area (Å²) in [5.41, 5.74) is 3.72. The van der Waals surface area contributed by atoms with E-state index in [9.17, 15) is 9.59 Å². The van der Waals surface area contributed by atoms with Crippen LogP contribution in [0.2, 0.25) is 0 Å². The second-order valence-corrected chi connectivity index (χ2v) is 6.50. The number of carbonyl (C=O) groups is 1. The van der Waals surface area contributed by atoms with Gasteiger partial charge in [0.1, 0.15) is 18.2 Å². The third-order valence-electron chi connectivity index (χ3n) is 4.76.